The summed E-state index contributed by atoms with van der Waals surface area (Å²) in [5.41, 5.74) is 14.7. The second kappa shape index (κ2) is 10.9. The van der Waals surface area contributed by atoms with Gasteiger partial charge in [0.15, 0.2) is 5.82 Å². The van der Waals surface area contributed by atoms with Crippen LogP contribution in [0.1, 0.15) is 22.3 Å². The zero-order valence-electron chi connectivity index (χ0n) is 29.1. The highest BCUT2D eigenvalue weighted by molar-refractivity contribution is 6.26. The van der Waals surface area contributed by atoms with Crippen LogP contribution < -0.4 is 0 Å². The molecule has 2 aliphatic rings. The number of fused-ring (bicyclic) bond motifs is 13. The van der Waals surface area contributed by atoms with Crippen LogP contribution in [0.25, 0.3) is 83.3 Å². The predicted molar refractivity (Wildman–Crippen MR) is 219 cm³/mol. The average molecular weight is 687 g/mol. The second-order valence-electron chi connectivity index (χ2n) is 14.3. The molecular formula is C50H30N4. The third-order valence-electron chi connectivity index (χ3n) is 11.7. The molecule has 0 aliphatic heterocycles. The molecule has 4 nitrogen and oxygen atoms in total. The number of hydrogen-bond acceptors (Lipinski definition) is 3. The minimum Gasteiger partial charge on any atom is -0.294 e. The van der Waals surface area contributed by atoms with Crippen LogP contribution in [-0.2, 0) is 5.41 Å². The number of para-hydroxylation sites is 1. The Morgan fingerprint density at radius 3 is 1.83 bits per heavy atom. The van der Waals surface area contributed by atoms with Gasteiger partial charge in [-0.2, -0.15) is 0 Å². The quantitative estimate of drug-likeness (QED) is 0.186. The highest BCUT2D eigenvalue weighted by atomic mass is 15.1. The fourth-order valence-corrected chi connectivity index (χ4v) is 9.62. The lowest BCUT2D eigenvalue weighted by Crippen LogP contribution is -2.32. The van der Waals surface area contributed by atoms with E-state index >= 15 is 0 Å². The van der Waals surface area contributed by atoms with Gasteiger partial charge in [0.25, 0.3) is 0 Å². The Kier molecular flexibility index (Phi) is 5.95. The first-order chi connectivity index (χ1) is 26.8. The summed E-state index contributed by atoms with van der Waals surface area (Å²) in [6, 6.07) is 61.0. The highest BCUT2D eigenvalue weighted by Gasteiger charge is 2.50. The molecule has 1 spiro atoms. The molecule has 0 fully saturated rings. The van der Waals surface area contributed by atoms with Crippen molar-refractivity contribution in [1.29, 1.82) is 0 Å². The van der Waals surface area contributed by atoms with E-state index in [2.05, 4.69) is 156 Å². The number of benzene rings is 7. The first kappa shape index (κ1) is 29.4. The SMILES string of the molecule is c1ccc(-c2cc(-n3c4ccccc4c4c5cccc6c5c(cc43)-c3ccncc3C63c4ccccc4-c4ccccc43)nc(-c3ccccc3)n2)cc1. The van der Waals surface area contributed by atoms with E-state index in [9.17, 15) is 0 Å². The van der Waals surface area contributed by atoms with Gasteiger partial charge in [0, 0.05) is 40.4 Å². The third-order valence-corrected chi connectivity index (χ3v) is 11.7. The van der Waals surface area contributed by atoms with Gasteiger partial charge in [0.1, 0.15) is 5.82 Å². The maximum absolute atomic E-state index is 5.33. The topological polar surface area (TPSA) is 43.6 Å². The van der Waals surface area contributed by atoms with E-state index < -0.39 is 5.41 Å². The van der Waals surface area contributed by atoms with Crippen molar-refractivity contribution in [2.24, 2.45) is 0 Å². The molecule has 10 aromatic rings. The predicted octanol–water partition coefficient (Wildman–Crippen LogP) is 11.8. The Bertz CT molecular complexity index is 3060. The van der Waals surface area contributed by atoms with Gasteiger partial charge >= 0.3 is 0 Å². The summed E-state index contributed by atoms with van der Waals surface area (Å²) < 4.78 is 2.35. The summed E-state index contributed by atoms with van der Waals surface area (Å²) in [6.45, 7) is 0. The van der Waals surface area contributed by atoms with E-state index in [0.717, 1.165) is 33.7 Å². The first-order valence-electron chi connectivity index (χ1n) is 18.4. The number of pyridine rings is 1. The molecular weight excluding hydrogens is 657 g/mol. The standard InChI is InChI=1S/C50H30N4/c1-3-14-31(15-4-1)43-29-46(53-49(52-43)32-16-5-2-6-17-32)54-44-25-12-9-20-36(44)48-37-21-13-24-41-47(37)38(28-45(48)54)35-26-27-51-30-42(35)50(41)39-22-10-7-18-33(39)34-19-8-11-23-40(34)50/h1-30H. The zero-order chi connectivity index (χ0) is 35.4. The van der Waals surface area contributed by atoms with Crippen molar-refractivity contribution in [2.45, 2.75) is 5.41 Å². The lowest BCUT2D eigenvalue weighted by molar-refractivity contribution is 0.768. The van der Waals surface area contributed by atoms with Crippen LogP contribution in [0.3, 0.4) is 0 Å². The highest BCUT2D eigenvalue weighted by Crippen LogP contribution is 2.62. The van der Waals surface area contributed by atoms with Gasteiger partial charge in [-0.15, -0.1) is 0 Å². The Balaban J connectivity index is 1.24. The Morgan fingerprint density at radius 2 is 1.06 bits per heavy atom. The van der Waals surface area contributed by atoms with Crippen LogP contribution in [-0.4, -0.2) is 19.5 Å². The van der Waals surface area contributed by atoms with Crippen LogP contribution in [0.2, 0.25) is 0 Å². The lowest BCUT2D eigenvalue weighted by atomic mass is 9.62. The molecule has 250 valence electrons. The van der Waals surface area contributed by atoms with Gasteiger partial charge < -0.3 is 0 Å². The molecule has 0 bridgehead atoms. The Labute approximate surface area is 311 Å². The van der Waals surface area contributed by atoms with E-state index in [-0.39, 0.29) is 0 Å². The van der Waals surface area contributed by atoms with Crippen LogP contribution in [0.4, 0.5) is 0 Å². The maximum atomic E-state index is 5.33. The Morgan fingerprint density at radius 1 is 0.426 bits per heavy atom. The minimum absolute atomic E-state index is 0.503. The second-order valence-corrected chi connectivity index (χ2v) is 14.3. The van der Waals surface area contributed by atoms with E-state index in [1.54, 1.807) is 0 Å². The molecule has 7 aromatic carbocycles. The number of aromatic nitrogens is 4. The van der Waals surface area contributed by atoms with Crippen LogP contribution in [0.15, 0.2) is 182 Å². The van der Waals surface area contributed by atoms with E-state index in [1.807, 2.05) is 30.5 Å². The molecule has 0 unspecified atom stereocenters. The summed E-state index contributed by atoms with van der Waals surface area (Å²) in [6.07, 6.45) is 4.06. The van der Waals surface area contributed by atoms with Crippen molar-refractivity contribution >= 4 is 32.6 Å². The number of hydrogen-bond donors (Lipinski definition) is 0. The normalized spacial score (nSPS) is 13.3. The number of rotatable bonds is 3. The van der Waals surface area contributed by atoms with E-state index in [4.69, 9.17) is 15.0 Å². The fourth-order valence-electron chi connectivity index (χ4n) is 9.62. The van der Waals surface area contributed by atoms with Gasteiger partial charge in [-0.05, 0) is 73.5 Å². The third kappa shape index (κ3) is 3.79. The first-order valence-corrected chi connectivity index (χ1v) is 18.4. The number of nitrogens with zero attached hydrogens (tertiary/aromatic N) is 4. The molecule has 2 aliphatic carbocycles. The molecule has 0 atom stereocenters. The summed E-state index contributed by atoms with van der Waals surface area (Å²) in [4.78, 5) is 15.3. The van der Waals surface area contributed by atoms with Crippen LogP contribution >= 0.6 is 0 Å². The lowest BCUT2D eigenvalue weighted by Gasteiger charge is -2.39. The van der Waals surface area contributed by atoms with Gasteiger partial charge in [-0.3, -0.25) is 9.55 Å². The fraction of sp³-hybridized carbons (Fsp3) is 0.0200. The zero-order valence-corrected chi connectivity index (χ0v) is 29.1. The molecule has 0 N–H and O–H groups in total. The molecule has 3 aromatic heterocycles. The van der Waals surface area contributed by atoms with Gasteiger partial charge in [-0.1, -0.05) is 146 Å². The molecule has 3 heterocycles. The van der Waals surface area contributed by atoms with Gasteiger partial charge in [-0.25, -0.2) is 9.97 Å². The van der Waals surface area contributed by atoms with E-state index in [1.165, 1.54) is 66.1 Å². The molecule has 0 radical (unpaired) electrons. The monoisotopic (exact) mass is 686 g/mol. The summed E-state index contributed by atoms with van der Waals surface area (Å²) >= 11 is 0. The van der Waals surface area contributed by atoms with Gasteiger partial charge in [0.05, 0.1) is 22.1 Å². The molecule has 4 heteroatoms. The van der Waals surface area contributed by atoms with Crippen molar-refractivity contribution in [3.63, 3.8) is 0 Å². The van der Waals surface area contributed by atoms with Crippen molar-refractivity contribution in [2.75, 3.05) is 0 Å². The molecule has 0 amide bonds. The van der Waals surface area contributed by atoms with Crippen molar-refractivity contribution < 1.29 is 0 Å². The Hall–Kier alpha value is -7.17. The van der Waals surface area contributed by atoms with Crippen LogP contribution in [0.5, 0.6) is 0 Å². The largest absolute Gasteiger partial charge is 0.294 e. The van der Waals surface area contributed by atoms with Crippen molar-refractivity contribution in [3.8, 4) is 50.7 Å². The molecule has 0 saturated heterocycles. The summed E-state index contributed by atoms with van der Waals surface area (Å²) in [7, 11) is 0. The summed E-state index contributed by atoms with van der Waals surface area (Å²) in [5.74, 6) is 1.52. The van der Waals surface area contributed by atoms with Crippen LogP contribution in [0, 0.1) is 0 Å². The molecule has 0 saturated carbocycles. The maximum Gasteiger partial charge on any atom is 0.162 e. The van der Waals surface area contributed by atoms with E-state index in [0.29, 0.717) is 5.82 Å². The smallest absolute Gasteiger partial charge is 0.162 e. The summed E-state index contributed by atoms with van der Waals surface area (Å²) in [5, 5.41) is 4.94. The van der Waals surface area contributed by atoms with Gasteiger partial charge in [0.2, 0.25) is 0 Å². The average Bonchev–Trinajstić information content (AvgIpc) is 3.74. The minimum atomic E-state index is -0.503. The molecule has 12 rings (SSSR count). The molecule has 54 heavy (non-hydrogen) atoms. The van der Waals surface area contributed by atoms with Crippen molar-refractivity contribution in [3.05, 3.63) is 205 Å². The van der Waals surface area contributed by atoms with Crippen molar-refractivity contribution in [1.82, 2.24) is 19.5 Å².